The molecule has 3 N–H and O–H groups in total. The Hall–Kier alpha value is -1.94. The van der Waals surface area contributed by atoms with E-state index in [0.29, 0.717) is 25.7 Å². The van der Waals surface area contributed by atoms with Crippen LogP contribution in [-0.2, 0) is 65.4 Å². The number of carbonyl (C=O) groups is 4. The first kappa shape index (κ1) is 68.1. The summed E-state index contributed by atoms with van der Waals surface area (Å²) in [6.07, 6.45) is 27.4. The Morgan fingerprint density at radius 1 is 0.343 bits per heavy atom. The first-order chi connectivity index (χ1) is 33.7. The van der Waals surface area contributed by atoms with Crippen LogP contribution in [0.4, 0.5) is 0 Å². The molecule has 0 rings (SSSR count). The van der Waals surface area contributed by atoms with Crippen molar-refractivity contribution in [3.8, 4) is 0 Å². The SMILES string of the molecule is CCCCCCCCCCCCCC(=O)OC[C@H](COP(=O)(O)OC[C@@H](O)COP(=O)(O)OC[C@@H](COC(=O)CCCCCC)OC(=O)CCCCCCCC)OC(=O)CCCCCCCCCCC. The average molecular weight is 1050 g/mol. The van der Waals surface area contributed by atoms with Gasteiger partial charge < -0.3 is 33.8 Å². The summed E-state index contributed by atoms with van der Waals surface area (Å²) in [5.41, 5.74) is 0. The minimum Gasteiger partial charge on any atom is -0.462 e. The van der Waals surface area contributed by atoms with Crippen molar-refractivity contribution in [1.29, 1.82) is 0 Å². The number of aliphatic hydroxyl groups is 1. The molecule has 0 spiro atoms. The van der Waals surface area contributed by atoms with Crippen LogP contribution in [0, 0.1) is 0 Å². The maximum atomic E-state index is 12.8. The summed E-state index contributed by atoms with van der Waals surface area (Å²) < 4.78 is 67.0. The van der Waals surface area contributed by atoms with Gasteiger partial charge in [0.05, 0.1) is 26.4 Å². The highest BCUT2D eigenvalue weighted by Crippen LogP contribution is 2.45. The van der Waals surface area contributed by atoms with Crippen molar-refractivity contribution in [3.05, 3.63) is 0 Å². The third-order valence-electron chi connectivity index (χ3n) is 11.6. The van der Waals surface area contributed by atoms with Crippen molar-refractivity contribution in [2.45, 2.75) is 264 Å². The molecule has 0 bridgehead atoms. The molecule has 0 radical (unpaired) electrons. The molecule has 0 aliphatic heterocycles. The molecule has 0 aliphatic rings. The van der Waals surface area contributed by atoms with Crippen molar-refractivity contribution >= 4 is 39.5 Å². The second-order valence-corrected chi connectivity index (χ2v) is 21.5. The van der Waals surface area contributed by atoms with E-state index in [1.54, 1.807) is 0 Å². The van der Waals surface area contributed by atoms with Crippen LogP contribution in [0.1, 0.15) is 246 Å². The van der Waals surface area contributed by atoms with E-state index in [4.69, 9.17) is 37.0 Å². The van der Waals surface area contributed by atoms with Crippen molar-refractivity contribution in [2.24, 2.45) is 0 Å². The molecule has 17 nitrogen and oxygen atoms in total. The van der Waals surface area contributed by atoms with Gasteiger partial charge in [-0.05, 0) is 25.7 Å². The molecule has 19 heteroatoms. The van der Waals surface area contributed by atoms with Crippen molar-refractivity contribution in [1.82, 2.24) is 0 Å². The normalized spacial score (nSPS) is 14.6. The van der Waals surface area contributed by atoms with E-state index in [9.17, 15) is 43.2 Å². The third-order valence-corrected chi connectivity index (χ3v) is 13.5. The molecule has 0 aromatic heterocycles. The Kier molecular flexibility index (Phi) is 45.5. The molecule has 0 aromatic rings. The molecule has 0 saturated carbocycles. The zero-order valence-electron chi connectivity index (χ0n) is 44.0. The Morgan fingerprint density at radius 3 is 0.857 bits per heavy atom. The predicted molar refractivity (Wildman–Crippen MR) is 271 cm³/mol. The maximum Gasteiger partial charge on any atom is 0.472 e. The molecular weight excluding hydrogens is 946 g/mol. The van der Waals surface area contributed by atoms with Crippen LogP contribution >= 0.6 is 15.6 Å². The molecule has 0 heterocycles. The smallest absolute Gasteiger partial charge is 0.462 e. The monoisotopic (exact) mass is 1040 g/mol. The van der Waals surface area contributed by atoms with E-state index in [2.05, 4.69) is 20.8 Å². The van der Waals surface area contributed by atoms with Crippen LogP contribution in [-0.4, -0.2) is 96.7 Å². The number of rotatable bonds is 52. The fourth-order valence-corrected chi connectivity index (χ4v) is 8.91. The van der Waals surface area contributed by atoms with Crippen LogP contribution in [0.3, 0.4) is 0 Å². The maximum absolute atomic E-state index is 12.8. The second-order valence-electron chi connectivity index (χ2n) is 18.6. The number of hydrogen-bond acceptors (Lipinski definition) is 15. The fourth-order valence-electron chi connectivity index (χ4n) is 7.34. The standard InChI is InChI=1S/C51H98O17P2/c1-5-9-13-17-20-22-23-25-26-29-32-36-49(54)62-42-47(68-51(56)38-34-30-27-24-21-18-14-10-6-2)44-66-70(59,60)64-40-45(52)39-63-69(57,58)65-43-46(41-61-48(53)35-31-16-12-8-4)67-50(55)37-33-28-19-15-11-7-3/h45-47,52H,5-44H2,1-4H3,(H,57,58)(H,59,60)/t45-,46+,47+/m0/s1. The van der Waals surface area contributed by atoms with Gasteiger partial charge in [0.25, 0.3) is 0 Å². The van der Waals surface area contributed by atoms with E-state index >= 15 is 0 Å². The van der Waals surface area contributed by atoms with Gasteiger partial charge in [0.15, 0.2) is 12.2 Å². The molecule has 0 aromatic carbocycles. The van der Waals surface area contributed by atoms with Gasteiger partial charge in [-0.2, -0.15) is 0 Å². The highest BCUT2D eigenvalue weighted by Gasteiger charge is 2.30. The Bertz CT molecular complexity index is 1390. The molecule has 0 saturated heterocycles. The molecule has 0 amide bonds. The summed E-state index contributed by atoms with van der Waals surface area (Å²) in [7, 11) is -9.84. The van der Waals surface area contributed by atoms with Gasteiger partial charge in [0.2, 0.25) is 0 Å². The lowest BCUT2D eigenvalue weighted by Gasteiger charge is -2.21. The number of ether oxygens (including phenoxy) is 4. The number of esters is 4. The molecule has 0 aliphatic carbocycles. The summed E-state index contributed by atoms with van der Waals surface area (Å²) in [6, 6.07) is 0. The topological polar surface area (TPSA) is 237 Å². The van der Waals surface area contributed by atoms with Crippen LogP contribution in [0.5, 0.6) is 0 Å². The molecule has 414 valence electrons. The summed E-state index contributed by atoms with van der Waals surface area (Å²) in [6.45, 7) is 4.58. The lowest BCUT2D eigenvalue weighted by molar-refractivity contribution is -0.161. The van der Waals surface area contributed by atoms with E-state index in [1.165, 1.54) is 70.6 Å². The Labute approximate surface area is 422 Å². The van der Waals surface area contributed by atoms with Gasteiger partial charge in [-0.25, -0.2) is 9.13 Å². The van der Waals surface area contributed by atoms with Crippen LogP contribution < -0.4 is 0 Å². The Balaban J connectivity index is 5.13. The van der Waals surface area contributed by atoms with E-state index in [0.717, 1.165) is 96.3 Å². The summed E-state index contributed by atoms with van der Waals surface area (Å²) in [4.78, 5) is 71.0. The van der Waals surface area contributed by atoms with Gasteiger partial charge >= 0.3 is 39.5 Å². The predicted octanol–water partition coefficient (Wildman–Crippen LogP) is 12.9. The zero-order valence-corrected chi connectivity index (χ0v) is 45.8. The number of carbonyl (C=O) groups excluding carboxylic acids is 4. The number of phosphoric acid groups is 2. The van der Waals surface area contributed by atoms with Crippen LogP contribution in [0.15, 0.2) is 0 Å². The summed E-state index contributed by atoms with van der Waals surface area (Å²) in [5.74, 6) is -2.18. The third kappa shape index (κ3) is 45.9. The number of aliphatic hydroxyl groups excluding tert-OH is 1. The number of hydrogen-bond donors (Lipinski definition) is 3. The van der Waals surface area contributed by atoms with Gasteiger partial charge in [0.1, 0.15) is 19.3 Å². The molecule has 0 fully saturated rings. The molecule has 70 heavy (non-hydrogen) atoms. The van der Waals surface area contributed by atoms with Gasteiger partial charge in [-0.15, -0.1) is 0 Å². The molecular formula is C51H98O17P2. The largest absolute Gasteiger partial charge is 0.472 e. The lowest BCUT2D eigenvalue weighted by Crippen LogP contribution is -2.30. The van der Waals surface area contributed by atoms with Crippen molar-refractivity contribution in [2.75, 3.05) is 39.6 Å². The summed E-state index contributed by atoms with van der Waals surface area (Å²) in [5, 5.41) is 10.4. The van der Waals surface area contributed by atoms with Gasteiger partial charge in [-0.1, -0.05) is 195 Å². The minimum atomic E-state index is -4.92. The van der Waals surface area contributed by atoms with E-state index < -0.39 is 97.5 Å². The highest BCUT2D eigenvalue weighted by molar-refractivity contribution is 7.47. The second kappa shape index (κ2) is 46.8. The van der Waals surface area contributed by atoms with Crippen molar-refractivity contribution in [3.63, 3.8) is 0 Å². The quantitative estimate of drug-likeness (QED) is 0.0222. The molecule has 5 atom stereocenters. The first-order valence-electron chi connectivity index (χ1n) is 27.3. The average Bonchev–Trinajstić information content (AvgIpc) is 3.33. The fraction of sp³-hybridized carbons (Fsp3) is 0.922. The van der Waals surface area contributed by atoms with Crippen LogP contribution in [0.25, 0.3) is 0 Å². The Morgan fingerprint density at radius 2 is 0.571 bits per heavy atom. The number of phosphoric ester groups is 2. The highest BCUT2D eigenvalue weighted by atomic mass is 31.2. The first-order valence-corrected chi connectivity index (χ1v) is 30.3. The van der Waals surface area contributed by atoms with E-state index in [1.807, 2.05) is 6.92 Å². The van der Waals surface area contributed by atoms with Crippen LogP contribution in [0.2, 0.25) is 0 Å². The van der Waals surface area contributed by atoms with E-state index in [-0.39, 0.29) is 25.7 Å². The number of unbranched alkanes of at least 4 members (excludes halogenated alkanes) is 26. The van der Waals surface area contributed by atoms with Gasteiger partial charge in [-0.3, -0.25) is 37.3 Å². The van der Waals surface area contributed by atoms with Gasteiger partial charge in [0, 0.05) is 25.7 Å². The minimum absolute atomic E-state index is 0.101. The van der Waals surface area contributed by atoms with Crippen molar-refractivity contribution < 1.29 is 80.2 Å². The lowest BCUT2D eigenvalue weighted by atomic mass is 10.1. The summed E-state index contributed by atoms with van der Waals surface area (Å²) >= 11 is 0. The zero-order chi connectivity index (χ0) is 52.0. The molecule has 2 unspecified atom stereocenters.